The Kier molecular flexibility index (Phi) is 5.54. The molecule has 0 aliphatic carbocycles. The molecule has 0 saturated heterocycles. The first kappa shape index (κ1) is 19.8. The normalized spacial score (nSPS) is 14.4. The Bertz CT molecular complexity index is 1040. The molecule has 0 amide bonds. The molecule has 6 nitrogen and oxygen atoms in total. The summed E-state index contributed by atoms with van der Waals surface area (Å²) in [5.41, 5.74) is 3.87. The van der Waals surface area contributed by atoms with Crippen molar-refractivity contribution in [2.75, 3.05) is 14.1 Å². The minimum absolute atomic E-state index is 0.0470. The maximum absolute atomic E-state index is 12.8. The molecule has 3 aromatic rings. The van der Waals surface area contributed by atoms with Crippen LogP contribution in [0.15, 0.2) is 58.4 Å². The first-order valence-corrected chi connectivity index (χ1v) is 10.9. The summed E-state index contributed by atoms with van der Waals surface area (Å²) in [7, 11) is 4.03. The van der Waals surface area contributed by atoms with Crippen LogP contribution in [-0.4, -0.2) is 49.3 Å². The molecule has 0 radical (unpaired) electrons. The second-order valence-electron chi connectivity index (χ2n) is 7.66. The molecule has 1 unspecified atom stereocenters. The highest BCUT2D eigenvalue weighted by Gasteiger charge is 2.26. The van der Waals surface area contributed by atoms with Crippen LogP contribution in [0.5, 0.6) is 0 Å². The third-order valence-electron chi connectivity index (χ3n) is 4.81. The molecule has 7 heteroatoms. The van der Waals surface area contributed by atoms with Gasteiger partial charge in [0, 0.05) is 17.2 Å². The minimum Gasteiger partial charge on any atom is -0.611 e. The van der Waals surface area contributed by atoms with E-state index in [9.17, 15) is 4.55 Å². The lowest BCUT2D eigenvalue weighted by atomic mass is 10.0. The van der Waals surface area contributed by atoms with Gasteiger partial charge < -0.3 is 9.45 Å². The summed E-state index contributed by atoms with van der Waals surface area (Å²) in [4.78, 5) is 7.78. The fourth-order valence-corrected chi connectivity index (χ4v) is 4.47. The molecule has 0 bridgehead atoms. The van der Waals surface area contributed by atoms with Crippen molar-refractivity contribution in [3.63, 3.8) is 0 Å². The molecule has 29 heavy (non-hydrogen) atoms. The molecule has 0 fully saturated rings. The van der Waals surface area contributed by atoms with Gasteiger partial charge in [0.15, 0.2) is 16.5 Å². The second-order valence-corrected chi connectivity index (χ2v) is 9.67. The Morgan fingerprint density at radius 2 is 1.86 bits per heavy atom. The zero-order valence-electron chi connectivity index (χ0n) is 17.2. The number of aromatic nitrogens is 3. The Hall–Kier alpha value is -2.48. The van der Waals surface area contributed by atoms with Crippen LogP contribution in [-0.2, 0) is 24.3 Å². The minimum atomic E-state index is -1.08. The van der Waals surface area contributed by atoms with Gasteiger partial charge in [0.2, 0.25) is 0 Å². The SMILES string of the molecule is CC(C)[S+]([O-])c1ccc2c(c1)C(c1ccccc1)=NCc1nnc(CN(C)C)n1-2. The smallest absolute Gasteiger partial charge is 0.159 e. The fraction of sp³-hybridized carbons (Fsp3) is 0.318. The number of benzene rings is 2. The highest BCUT2D eigenvalue weighted by molar-refractivity contribution is 7.92. The van der Waals surface area contributed by atoms with Gasteiger partial charge in [0.1, 0.15) is 11.8 Å². The van der Waals surface area contributed by atoms with Crippen LogP contribution in [0.4, 0.5) is 0 Å². The first-order chi connectivity index (χ1) is 14.0. The van der Waals surface area contributed by atoms with E-state index >= 15 is 0 Å². The topological polar surface area (TPSA) is 69.4 Å². The van der Waals surface area contributed by atoms with Gasteiger partial charge in [-0.05, 0) is 51.3 Å². The van der Waals surface area contributed by atoms with E-state index in [1.165, 1.54) is 0 Å². The molecule has 150 valence electrons. The maximum atomic E-state index is 12.8. The monoisotopic (exact) mass is 407 g/mol. The van der Waals surface area contributed by atoms with Gasteiger partial charge in [-0.15, -0.1) is 10.2 Å². The van der Waals surface area contributed by atoms with E-state index in [4.69, 9.17) is 4.99 Å². The Balaban J connectivity index is 1.93. The van der Waals surface area contributed by atoms with Gasteiger partial charge in [-0.1, -0.05) is 30.3 Å². The third-order valence-corrected chi connectivity index (χ3v) is 6.38. The van der Waals surface area contributed by atoms with Crippen molar-refractivity contribution < 1.29 is 4.55 Å². The van der Waals surface area contributed by atoms with Gasteiger partial charge in [-0.25, -0.2) is 0 Å². The molecule has 0 saturated carbocycles. The lowest BCUT2D eigenvalue weighted by Crippen LogP contribution is -2.18. The summed E-state index contributed by atoms with van der Waals surface area (Å²) in [5, 5.41) is 8.85. The molecule has 0 spiro atoms. The highest BCUT2D eigenvalue weighted by atomic mass is 32.2. The molecule has 1 aliphatic heterocycles. The summed E-state index contributed by atoms with van der Waals surface area (Å²) >= 11 is -1.08. The predicted molar refractivity (Wildman–Crippen MR) is 116 cm³/mol. The number of aliphatic imine (C=N–C) groups is 1. The van der Waals surface area contributed by atoms with Crippen LogP contribution in [0.2, 0.25) is 0 Å². The number of hydrogen-bond acceptors (Lipinski definition) is 5. The van der Waals surface area contributed by atoms with Crippen molar-refractivity contribution in [2.45, 2.75) is 37.1 Å². The Morgan fingerprint density at radius 3 is 2.55 bits per heavy atom. The molecule has 1 atom stereocenters. The zero-order valence-corrected chi connectivity index (χ0v) is 18.0. The Morgan fingerprint density at radius 1 is 1.10 bits per heavy atom. The summed E-state index contributed by atoms with van der Waals surface area (Å²) < 4.78 is 14.9. The van der Waals surface area contributed by atoms with E-state index in [1.807, 2.05) is 64.3 Å². The summed E-state index contributed by atoms with van der Waals surface area (Å²) in [5.74, 6) is 1.68. The van der Waals surface area contributed by atoms with Crippen molar-refractivity contribution in [1.29, 1.82) is 0 Å². The molecule has 1 aromatic heterocycles. The molecular formula is C22H25N5OS. The first-order valence-electron chi connectivity index (χ1n) is 9.69. The second kappa shape index (κ2) is 8.10. The largest absolute Gasteiger partial charge is 0.611 e. The molecular weight excluding hydrogens is 382 g/mol. The van der Waals surface area contributed by atoms with Crippen molar-refractivity contribution in [1.82, 2.24) is 19.7 Å². The fourth-order valence-electron chi connectivity index (χ4n) is 3.49. The lowest BCUT2D eigenvalue weighted by molar-refractivity contribution is 0.387. The standard InChI is InChI=1S/C22H25N5OS/c1-15(2)29(28)17-10-11-19-18(12-17)22(16-8-6-5-7-9-16)23-13-20-24-25-21(27(19)20)14-26(3)4/h5-12,15H,13-14H2,1-4H3. The number of rotatable bonds is 5. The van der Waals surface area contributed by atoms with Crippen molar-refractivity contribution >= 4 is 16.9 Å². The van der Waals surface area contributed by atoms with E-state index in [-0.39, 0.29) is 5.25 Å². The van der Waals surface area contributed by atoms with E-state index in [2.05, 4.69) is 31.8 Å². The van der Waals surface area contributed by atoms with Crippen LogP contribution in [0, 0.1) is 0 Å². The van der Waals surface area contributed by atoms with Crippen LogP contribution in [0.25, 0.3) is 5.69 Å². The zero-order chi connectivity index (χ0) is 20.5. The van der Waals surface area contributed by atoms with Crippen molar-refractivity contribution in [3.05, 3.63) is 71.3 Å². The van der Waals surface area contributed by atoms with E-state index < -0.39 is 11.2 Å². The maximum Gasteiger partial charge on any atom is 0.159 e. The van der Waals surface area contributed by atoms with Gasteiger partial charge in [-0.2, -0.15) is 0 Å². The average Bonchev–Trinajstić information content (AvgIpc) is 3.01. The van der Waals surface area contributed by atoms with Crippen molar-refractivity contribution in [2.24, 2.45) is 4.99 Å². The van der Waals surface area contributed by atoms with Gasteiger partial charge in [-0.3, -0.25) is 9.56 Å². The van der Waals surface area contributed by atoms with E-state index in [0.29, 0.717) is 13.1 Å². The average molecular weight is 408 g/mol. The number of nitrogens with zero attached hydrogens (tertiary/aromatic N) is 5. The van der Waals surface area contributed by atoms with Crippen LogP contribution in [0.1, 0.15) is 36.6 Å². The molecule has 4 rings (SSSR count). The van der Waals surface area contributed by atoms with Crippen molar-refractivity contribution in [3.8, 4) is 5.69 Å². The van der Waals surface area contributed by atoms with Gasteiger partial charge >= 0.3 is 0 Å². The summed E-state index contributed by atoms with van der Waals surface area (Å²) in [6, 6.07) is 16.1. The quantitative estimate of drug-likeness (QED) is 0.609. The van der Waals surface area contributed by atoms with Crippen LogP contribution in [0.3, 0.4) is 0 Å². The molecule has 2 aromatic carbocycles. The predicted octanol–water partition coefficient (Wildman–Crippen LogP) is 3.20. The highest BCUT2D eigenvalue weighted by Crippen LogP contribution is 2.29. The van der Waals surface area contributed by atoms with Gasteiger partial charge in [0.25, 0.3) is 0 Å². The van der Waals surface area contributed by atoms with E-state index in [0.717, 1.165) is 39.1 Å². The van der Waals surface area contributed by atoms with Gasteiger partial charge in [0.05, 0.1) is 17.9 Å². The van der Waals surface area contributed by atoms with E-state index in [1.54, 1.807) is 0 Å². The van der Waals surface area contributed by atoms with Crippen LogP contribution < -0.4 is 0 Å². The molecule has 2 heterocycles. The summed E-state index contributed by atoms with van der Waals surface area (Å²) in [6.45, 7) is 5.07. The third kappa shape index (κ3) is 3.85. The number of fused-ring (bicyclic) bond motifs is 3. The van der Waals surface area contributed by atoms with Crippen LogP contribution >= 0.6 is 0 Å². The molecule has 1 aliphatic rings. The lowest BCUT2D eigenvalue weighted by Gasteiger charge is -2.18. The Labute approximate surface area is 174 Å². The summed E-state index contributed by atoms with van der Waals surface area (Å²) in [6.07, 6.45) is 0. The molecule has 0 N–H and O–H groups in total. The number of hydrogen-bond donors (Lipinski definition) is 0.